The van der Waals surface area contributed by atoms with Crippen molar-refractivity contribution in [2.24, 2.45) is 0 Å². The Labute approximate surface area is 187 Å². The number of amides is 1. The molecule has 1 N–H and O–H groups in total. The first kappa shape index (κ1) is 22.8. The van der Waals surface area contributed by atoms with Crippen LogP contribution in [0.25, 0.3) is 0 Å². The third-order valence-corrected chi connectivity index (χ3v) is 9.55. The number of anilines is 1. The summed E-state index contributed by atoms with van der Waals surface area (Å²) in [5.41, 5.74) is 0.279. The minimum absolute atomic E-state index is 0.0828. The molecule has 32 heavy (non-hydrogen) atoms. The van der Waals surface area contributed by atoms with E-state index in [4.69, 9.17) is 0 Å². The summed E-state index contributed by atoms with van der Waals surface area (Å²) in [6.45, 7) is 1.11. The zero-order chi connectivity index (χ0) is 22.9. The van der Waals surface area contributed by atoms with Gasteiger partial charge in [0.25, 0.3) is 0 Å². The van der Waals surface area contributed by atoms with Crippen LogP contribution in [0.3, 0.4) is 0 Å². The second kappa shape index (κ2) is 8.89. The fourth-order valence-electron chi connectivity index (χ4n) is 4.07. The lowest BCUT2D eigenvalue weighted by molar-refractivity contribution is -0.119. The van der Waals surface area contributed by atoms with Gasteiger partial charge in [-0.05, 0) is 68.1 Å². The highest BCUT2D eigenvalue weighted by atomic mass is 32.2. The fraction of sp³-hybridized carbons (Fsp3) is 0.381. The normalized spacial score (nSPS) is 20.5. The summed E-state index contributed by atoms with van der Waals surface area (Å²) < 4.78 is 67.3. The first-order chi connectivity index (χ1) is 15.2. The standard InChI is InChI=1S/C21H24FN3O5S2/c22-16-8-10-18(11-9-16)32(29,30)25-14-4-7-20(25)21(26)23-17-5-3-6-19(15-17)31(27,28)24-12-1-2-13-24/h3,5-6,8-11,15,20H,1-2,4,7,12-14H2,(H,23,26)/t20-/m0/s1. The molecule has 0 spiro atoms. The van der Waals surface area contributed by atoms with E-state index in [1.807, 2.05) is 0 Å². The molecule has 2 saturated heterocycles. The second-order valence-electron chi connectivity index (χ2n) is 7.86. The van der Waals surface area contributed by atoms with Crippen molar-refractivity contribution in [3.8, 4) is 0 Å². The first-order valence-corrected chi connectivity index (χ1v) is 13.3. The highest BCUT2D eigenvalue weighted by Gasteiger charge is 2.39. The molecule has 1 atom stereocenters. The highest BCUT2D eigenvalue weighted by Crippen LogP contribution is 2.28. The summed E-state index contributed by atoms with van der Waals surface area (Å²) in [5, 5.41) is 2.66. The molecule has 2 heterocycles. The van der Waals surface area contributed by atoms with E-state index in [1.54, 1.807) is 12.1 Å². The molecule has 0 bridgehead atoms. The molecule has 0 unspecified atom stereocenters. The third kappa shape index (κ3) is 4.42. The Bertz CT molecular complexity index is 1210. The van der Waals surface area contributed by atoms with E-state index in [0.29, 0.717) is 25.9 Å². The van der Waals surface area contributed by atoms with Crippen LogP contribution in [0.5, 0.6) is 0 Å². The van der Waals surface area contributed by atoms with Gasteiger partial charge in [-0.3, -0.25) is 4.79 Å². The van der Waals surface area contributed by atoms with Crippen LogP contribution in [0.4, 0.5) is 10.1 Å². The molecule has 2 fully saturated rings. The molecule has 0 aliphatic carbocycles. The Morgan fingerprint density at radius 1 is 0.875 bits per heavy atom. The molecule has 4 rings (SSSR count). The summed E-state index contributed by atoms with van der Waals surface area (Å²) in [4.78, 5) is 12.9. The first-order valence-electron chi connectivity index (χ1n) is 10.4. The third-order valence-electron chi connectivity index (χ3n) is 5.73. The Morgan fingerprint density at radius 3 is 2.25 bits per heavy atom. The van der Waals surface area contributed by atoms with Crippen molar-refractivity contribution in [3.05, 3.63) is 54.3 Å². The van der Waals surface area contributed by atoms with Gasteiger partial charge in [0.1, 0.15) is 11.9 Å². The van der Waals surface area contributed by atoms with Crippen LogP contribution in [0, 0.1) is 5.82 Å². The molecule has 2 aliphatic heterocycles. The van der Waals surface area contributed by atoms with Gasteiger partial charge in [0.15, 0.2) is 0 Å². The fourth-order valence-corrected chi connectivity index (χ4v) is 7.29. The number of halogens is 1. The lowest BCUT2D eigenvalue weighted by Gasteiger charge is -2.23. The van der Waals surface area contributed by atoms with Gasteiger partial charge in [0.05, 0.1) is 9.79 Å². The number of hydrogen-bond donors (Lipinski definition) is 1. The Kier molecular flexibility index (Phi) is 6.35. The Balaban J connectivity index is 1.53. The summed E-state index contributed by atoms with van der Waals surface area (Å²) in [6, 6.07) is 9.49. The van der Waals surface area contributed by atoms with E-state index < -0.39 is 37.8 Å². The minimum atomic E-state index is -3.98. The number of rotatable bonds is 6. The van der Waals surface area contributed by atoms with Gasteiger partial charge in [-0.25, -0.2) is 21.2 Å². The minimum Gasteiger partial charge on any atom is -0.325 e. The Morgan fingerprint density at radius 2 is 1.56 bits per heavy atom. The number of hydrogen-bond acceptors (Lipinski definition) is 5. The molecule has 2 aromatic rings. The van der Waals surface area contributed by atoms with Crippen LogP contribution in [-0.2, 0) is 24.8 Å². The monoisotopic (exact) mass is 481 g/mol. The molecule has 0 radical (unpaired) electrons. The summed E-state index contributed by atoms with van der Waals surface area (Å²) >= 11 is 0. The van der Waals surface area contributed by atoms with Crippen molar-refractivity contribution in [1.29, 1.82) is 0 Å². The second-order valence-corrected chi connectivity index (χ2v) is 11.7. The smallest absolute Gasteiger partial charge is 0.243 e. The van der Waals surface area contributed by atoms with E-state index in [-0.39, 0.29) is 22.0 Å². The maximum Gasteiger partial charge on any atom is 0.243 e. The van der Waals surface area contributed by atoms with Crippen molar-refractivity contribution in [1.82, 2.24) is 8.61 Å². The maximum atomic E-state index is 13.2. The van der Waals surface area contributed by atoms with Crippen molar-refractivity contribution in [2.45, 2.75) is 41.5 Å². The molecule has 172 valence electrons. The number of nitrogens with zero attached hydrogens (tertiary/aromatic N) is 2. The van der Waals surface area contributed by atoms with Gasteiger partial charge in [0, 0.05) is 25.3 Å². The SMILES string of the molecule is O=C(Nc1cccc(S(=O)(=O)N2CCCC2)c1)[C@@H]1CCCN1S(=O)(=O)c1ccc(F)cc1. The van der Waals surface area contributed by atoms with Crippen molar-refractivity contribution >= 4 is 31.6 Å². The summed E-state index contributed by atoms with van der Waals surface area (Å²) in [5.74, 6) is -1.09. The highest BCUT2D eigenvalue weighted by molar-refractivity contribution is 7.89. The molecule has 2 aliphatic rings. The molecular weight excluding hydrogens is 457 g/mol. The molecule has 2 aromatic carbocycles. The molecule has 0 aromatic heterocycles. The predicted molar refractivity (Wildman–Crippen MR) is 116 cm³/mol. The number of sulfonamides is 2. The average Bonchev–Trinajstić information content (AvgIpc) is 3.47. The summed E-state index contributed by atoms with van der Waals surface area (Å²) in [7, 11) is -7.63. The van der Waals surface area contributed by atoms with E-state index in [0.717, 1.165) is 29.3 Å². The van der Waals surface area contributed by atoms with Crippen molar-refractivity contribution in [3.63, 3.8) is 0 Å². The van der Waals surface area contributed by atoms with Crippen LogP contribution < -0.4 is 5.32 Å². The number of nitrogens with one attached hydrogen (secondary N) is 1. The molecule has 0 saturated carbocycles. The van der Waals surface area contributed by atoms with Crippen LogP contribution in [0.15, 0.2) is 58.3 Å². The van der Waals surface area contributed by atoms with Gasteiger partial charge in [-0.1, -0.05) is 6.07 Å². The number of benzene rings is 2. The lowest BCUT2D eigenvalue weighted by atomic mass is 10.2. The zero-order valence-electron chi connectivity index (χ0n) is 17.3. The van der Waals surface area contributed by atoms with Crippen molar-refractivity contribution in [2.75, 3.05) is 25.0 Å². The predicted octanol–water partition coefficient (Wildman–Crippen LogP) is 2.40. The van der Waals surface area contributed by atoms with Gasteiger partial charge in [0.2, 0.25) is 26.0 Å². The van der Waals surface area contributed by atoms with Gasteiger partial charge >= 0.3 is 0 Å². The van der Waals surface area contributed by atoms with Crippen LogP contribution in [-0.4, -0.2) is 57.0 Å². The topological polar surface area (TPSA) is 104 Å². The Hall–Kier alpha value is -2.34. The lowest BCUT2D eigenvalue weighted by Crippen LogP contribution is -2.43. The van der Waals surface area contributed by atoms with Gasteiger partial charge in [-0.15, -0.1) is 0 Å². The van der Waals surface area contributed by atoms with Gasteiger partial charge in [-0.2, -0.15) is 8.61 Å². The van der Waals surface area contributed by atoms with E-state index in [2.05, 4.69) is 5.32 Å². The molecule has 1 amide bonds. The van der Waals surface area contributed by atoms with Crippen LogP contribution in [0.2, 0.25) is 0 Å². The maximum absolute atomic E-state index is 13.2. The van der Waals surface area contributed by atoms with E-state index in [1.165, 1.54) is 28.6 Å². The van der Waals surface area contributed by atoms with E-state index >= 15 is 0 Å². The zero-order valence-corrected chi connectivity index (χ0v) is 18.9. The number of carbonyl (C=O) groups is 1. The van der Waals surface area contributed by atoms with Crippen LogP contribution in [0.1, 0.15) is 25.7 Å². The average molecular weight is 482 g/mol. The largest absolute Gasteiger partial charge is 0.325 e. The van der Waals surface area contributed by atoms with Gasteiger partial charge < -0.3 is 5.32 Å². The molecular formula is C21H24FN3O5S2. The molecule has 11 heteroatoms. The van der Waals surface area contributed by atoms with Crippen molar-refractivity contribution < 1.29 is 26.0 Å². The summed E-state index contributed by atoms with van der Waals surface area (Å²) in [6.07, 6.45) is 2.46. The number of carbonyl (C=O) groups excluding carboxylic acids is 1. The molecule has 8 nitrogen and oxygen atoms in total. The van der Waals surface area contributed by atoms with Crippen LogP contribution >= 0.6 is 0 Å². The van der Waals surface area contributed by atoms with E-state index in [9.17, 15) is 26.0 Å². The quantitative estimate of drug-likeness (QED) is 0.682.